The maximum atomic E-state index is 13.6. The zero-order chi connectivity index (χ0) is 13.1. The number of sulfonamides is 1. The molecule has 0 aromatic heterocycles. The van der Waals surface area contributed by atoms with Gasteiger partial charge in [0.25, 0.3) is 0 Å². The Kier molecular flexibility index (Phi) is 4.47. The Hall–Kier alpha value is -1.14. The van der Waals surface area contributed by atoms with Gasteiger partial charge in [-0.1, -0.05) is 13.8 Å². The van der Waals surface area contributed by atoms with Crippen LogP contribution in [0.2, 0.25) is 0 Å². The Morgan fingerprint density at radius 2 is 1.94 bits per heavy atom. The molecule has 0 aliphatic rings. The monoisotopic (exact) mass is 261 g/mol. The van der Waals surface area contributed by atoms with E-state index in [1.165, 1.54) is 12.1 Å². The third-order valence-electron chi connectivity index (χ3n) is 2.44. The summed E-state index contributed by atoms with van der Waals surface area (Å²) in [5.74, 6) is -0.672. The number of nitrogens with two attached hydrogens (primary N) is 1. The number of ether oxygens (including phenoxy) is 1. The molecule has 0 saturated carbocycles. The van der Waals surface area contributed by atoms with Crippen molar-refractivity contribution in [1.29, 1.82) is 0 Å². The molecule has 0 saturated heterocycles. The highest BCUT2D eigenvalue weighted by molar-refractivity contribution is 7.89. The molecule has 0 radical (unpaired) electrons. The van der Waals surface area contributed by atoms with E-state index in [9.17, 15) is 12.8 Å². The third kappa shape index (κ3) is 3.67. The Morgan fingerprint density at radius 3 is 2.35 bits per heavy atom. The molecule has 0 unspecified atom stereocenters. The summed E-state index contributed by atoms with van der Waals surface area (Å²) in [6.45, 7) is 3.87. The molecule has 0 heterocycles. The number of rotatable bonds is 5. The van der Waals surface area contributed by atoms with Crippen LogP contribution >= 0.6 is 0 Å². The fourth-order valence-electron chi connectivity index (χ4n) is 1.39. The summed E-state index contributed by atoms with van der Waals surface area (Å²) in [4.78, 5) is -0.258. The standard InChI is InChI=1S/C11H16FNO3S/c1-3-8(4-2)16-11-6-5-9(7-10(11)12)17(13,14)15/h5-8H,3-4H2,1-2H3,(H2,13,14,15). The smallest absolute Gasteiger partial charge is 0.238 e. The molecule has 0 aliphatic heterocycles. The second kappa shape index (κ2) is 5.46. The van der Waals surface area contributed by atoms with Crippen LogP contribution in [-0.2, 0) is 10.0 Å². The van der Waals surface area contributed by atoms with E-state index < -0.39 is 15.8 Å². The van der Waals surface area contributed by atoms with E-state index in [1.807, 2.05) is 13.8 Å². The first kappa shape index (κ1) is 13.9. The first-order valence-electron chi connectivity index (χ1n) is 5.37. The molecule has 1 aromatic rings. The van der Waals surface area contributed by atoms with Gasteiger partial charge >= 0.3 is 0 Å². The number of halogens is 1. The van der Waals surface area contributed by atoms with E-state index in [2.05, 4.69) is 0 Å². The largest absolute Gasteiger partial charge is 0.487 e. The summed E-state index contributed by atoms with van der Waals surface area (Å²) >= 11 is 0. The zero-order valence-corrected chi connectivity index (χ0v) is 10.6. The van der Waals surface area contributed by atoms with E-state index in [-0.39, 0.29) is 16.7 Å². The van der Waals surface area contributed by atoms with Gasteiger partial charge in [0, 0.05) is 0 Å². The molecule has 0 bridgehead atoms. The molecule has 6 heteroatoms. The summed E-state index contributed by atoms with van der Waals surface area (Å²) < 4.78 is 41.0. The van der Waals surface area contributed by atoms with Crippen LogP contribution < -0.4 is 9.88 Å². The average Bonchev–Trinajstić information content (AvgIpc) is 2.26. The normalized spacial score (nSPS) is 11.8. The highest BCUT2D eigenvalue weighted by Crippen LogP contribution is 2.22. The Balaban J connectivity index is 2.98. The lowest BCUT2D eigenvalue weighted by Gasteiger charge is -2.16. The summed E-state index contributed by atoms with van der Waals surface area (Å²) in [5.41, 5.74) is 0. The quantitative estimate of drug-likeness (QED) is 0.881. The van der Waals surface area contributed by atoms with Gasteiger partial charge in [0.2, 0.25) is 10.0 Å². The molecule has 4 nitrogen and oxygen atoms in total. The van der Waals surface area contributed by atoms with Gasteiger partial charge in [-0.3, -0.25) is 0 Å². The van der Waals surface area contributed by atoms with Gasteiger partial charge in [-0.25, -0.2) is 17.9 Å². The molecule has 17 heavy (non-hydrogen) atoms. The molecule has 96 valence electrons. The third-order valence-corrected chi connectivity index (χ3v) is 3.35. The van der Waals surface area contributed by atoms with Crippen LogP contribution in [0.4, 0.5) is 4.39 Å². The van der Waals surface area contributed by atoms with Crippen molar-refractivity contribution in [1.82, 2.24) is 0 Å². The molecule has 0 aliphatic carbocycles. The van der Waals surface area contributed by atoms with Crippen LogP contribution in [0.1, 0.15) is 26.7 Å². The fourth-order valence-corrected chi connectivity index (χ4v) is 1.91. The number of hydrogen-bond acceptors (Lipinski definition) is 3. The van der Waals surface area contributed by atoms with Crippen LogP contribution in [0.5, 0.6) is 5.75 Å². The fraction of sp³-hybridized carbons (Fsp3) is 0.455. The Morgan fingerprint density at radius 1 is 1.35 bits per heavy atom. The van der Waals surface area contributed by atoms with E-state index in [0.29, 0.717) is 0 Å². The Labute approximate surface area is 101 Å². The van der Waals surface area contributed by atoms with Crippen LogP contribution in [0.15, 0.2) is 23.1 Å². The summed E-state index contributed by atoms with van der Waals surface area (Å²) in [6.07, 6.45) is 1.43. The van der Waals surface area contributed by atoms with Crippen molar-refractivity contribution in [2.75, 3.05) is 0 Å². The molecule has 0 spiro atoms. The lowest BCUT2D eigenvalue weighted by molar-refractivity contribution is 0.184. The van der Waals surface area contributed by atoms with Crippen molar-refractivity contribution < 1.29 is 17.5 Å². The van der Waals surface area contributed by atoms with E-state index in [0.717, 1.165) is 18.9 Å². The molecule has 0 fully saturated rings. The van der Waals surface area contributed by atoms with E-state index >= 15 is 0 Å². The van der Waals surface area contributed by atoms with Gasteiger partial charge in [0.15, 0.2) is 11.6 Å². The van der Waals surface area contributed by atoms with Crippen LogP contribution in [-0.4, -0.2) is 14.5 Å². The summed E-state index contributed by atoms with van der Waals surface area (Å²) in [5, 5.41) is 4.89. The maximum Gasteiger partial charge on any atom is 0.238 e. The van der Waals surface area contributed by atoms with Gasteiger partial charge < -0.3 is 4.74 Å². The lowest BCUT2D eigenvalue weighted by Crippen LogP contribution is -2.16. The molecule has 1 aromatic carbocycles. The van der Waals surface area contributed by atoms with Gasteiger partial charge in [-0.05, 0) is 31.0 Å². The lowest BCUT2D eigenvalue weighted by atomic mass is 10.2. The first-order valence-corrected chi connectivity index (χ1v) is 6.92. The summed E-state index contributed by atoms with van der Waals surface area (Å²) in [7, 11) is -3.88. The van der Waals surface area contributed by atoms with Crippen LogP contribution in [0.25, 0.3) is 0 Å². The summed E-state index contributed by atoms with van der Waals surface area (Å²) in [6, 6.07) is 3.39. The highest BCUT2D eigenvalue weighted by atomic mass is 32.2. The number of hydrogen-bond donors (Lipinski definition) is 1. The maximum absolute atomic E-state index is 13.6. The first-order chi connectivity index (χ1) is 7.88. The molecule has 0 atom stereocenters. The SMILES string of the molecule is CCC(CC)Oc1ccc(S(N)(=O)=O)cc1F. The van der Waals surface area contributed by atoms with Crippen molar-refractivity contribution >= 4 is 10.0 Å². The minimum Gasteiger partial charge on any atom is -0.487 e. The average molecular weight is 261 g/mol. The van der Waals surface area contributed by atoms with E-state index in [4.69, 9.17) is 9.88 Å². The van der Waals surface area contributed by atoms with Gasteiger partial charge in [0.1, 0.15) is 0 Å². The second-order valence-corrected chi connectivity index (χ2v) is 5.26. The topological polar surface area (TPSA) is 69.4 Å². The molecule has 0 amide bonds. The van der Waals surface area contributed by atoms with Crippen molar-refractivity contribution in [2.45, 2.75) is 37.7 Å². The number of primary sulfonamides is 1. The molecule has 1 rings (SSSR count). The predicted octanol–water partition coefficient (Wildman–Crippen LogP) is 2.04. The van der Waals surface area contributed by atoms with E-state index in [1.54, 1.807) is 0 Å². The highest BCUT2D eigenvalue weighted by Gasteiger charge is 2.14. The minimum atomic E-state index is -3.88. The zero-order valence-electron chi connectivity index (χ0n) is 9.81. The van der Waals surface area contributed by atoms with Crippen LogP contribution in [0.3, 0.4) is 0 Å². The minimum absolute atomic E-state index is 0.0473. The predicted molar refractivity (Wildman–Crippen MR) is 62.8 cm³/mol. The van der Waals surface area contributed by atoms with Gasteiger partial charge in [-0.15, -0.1) is 0 Å². The molecular formula is C11H16FNO3S. The van der Waals surface area contributed by atoms with Gasteiger partial charge in [-0.2, -0.15) is 0 Å². The Bertz CT molecular complexity index is 483. The second-order valence-electron chi connectivity index (χ2n) is 3.69. The van der Waals surface area contributed by atoms with Crippen molar-refractivity contribution in [3.05, 3.63) is 24.0 Å². The van der Waals surface area contributed by atoms with Crippen molar-refractivity contribution in [3.8, 4) is 5.75 Å². The van der Waals surface area contributed by atoms with Crippen molar-refractivity contribution in [3.63, 3.8) is 0 Å². The van der Waals surface area contributed by atoms with Gasteiger partial charge in [0.05, 0.1) is 11.0 Å². The molecular weight excluding hydrogens is 245 g/mol. The van der Waals surface area contributed by atoms with Crippen molar-refractivity contribution in [2.24, 2.45) is 5.14 Å². The van der Waals surface area contributed by atoms with Crippen LogP contribution in [0, 0.1) is 5.82 Å². The number of benzene rings is 1. The molecule has 2 N–H and O–H groups in total.